The first-order valence-electron chi connectivity index (χ1n) is 6.58. The van der Waals surface area contributed by atoms with Gasteiger partial charge in [-0.1, -0.05) is 60.7 Å². The average molecular weight is 265 g/mol. The topological polar surface area (TPSA) is 35.1 Å². The van der Waals surface area contributed by atoms with E-state index in [1.807, 2.05) is 67.6 Å². The lowest BCUT2D eigenvalue weighted by Gasteiger charge is -2.11. The van der Waals surface area contributed by atoms with Gasteiger partial charge in [-0.3, -0.25) is 4.57 Å². The van der Waals surface area contributed by atoms with Crippen LogP contribution in [0.4, 0.5) is 0 Å². The van der Waals surface area contributed by atoms with Gasteiger partial charge in [0.1, 0.15) is 0 Å². The second kappa shape index (κ2) is 5.21. The molecule has 0 aliphatic rings. The molecular formula is C17H15NO2. The lowest BCUT2D eigenvalue weighted by molar-refractivity contribution is 0.473. The molecule has 0 amide bonds. The first-order valence-corrected chi connectivity index (χ1v) is 6.58. The molecule has 0 N–H and O–H groups in total. The normalized spacial score (nSPS) is 12.2. The Kier molecular flexibility index (Phi) is 3.25. The van der Waals surface area contributed by atoms with Crippen molar-refractivity contribution in [1.29, 1.82) is 0 Å². The third kappa shape index (κ3) is 2.30. The van der Waals surface area contributed by atoms with Gasteiger partial charge in [-0.05, 0) is 12.5 Å². The zero-order valence-corrected chi connectivity index (χ0v) is 11.2. The van der Waals surface area contributed by atoms with Crippen LogP contribution in [0.2, 0.25) is 0 Å². The fraction of sp³-hybridized carbons (Fsp3) is 0.118. The van der Waals surface area contributed by atoms with Gasteiger partial charge in [0.15, 0.2) is 5.76 Å². The van der Waals surface area contributed by atoms with Crippen LogP contribution in [-0.4, -0.2) is 4.57 Å². The lowest BCUT2D eigenvalue weighted by atomic mass is 10.1. The molecule has 0 bridgehead atoms. The maximum atomic E-state index is 12.0. The monoisotopic (exact) mass is 265 g/mol. The minimum Gasteiger partial charge on any atom is -0.408 e. The average Bonchev–Trinajstić information content (AvgIpc) is 2.90. The van der Waals surface area contributed by atoms with E-state index in [2.05, 4.69) is 0 Å². The second-order valence-corrected chi connectivity index (χ2v) is 4.72. The molecule has 0 radical (unpaired) electrons. The van der Waals surface area contributed by atoms with Crippen molar-refractivity contribution in [2.75, 3.05) is 0 Å². The molecule has 0 saturated heterocycles. The number of aromatic nitrogens is 1. The highest BCUT2D eigenvalue weighted by atomic mass is 16.4. The van der Waals surface area contributed by atoms with Crippen LogP contribution >= 0.6 is 0 Å². The van der Waals surface area contributed by atoms with E-state index in [1.165, 1.54) is 0 Å². The smallest absolute Gasteiger partial charge is 0.408 e. The summed E-state index contributed by atoms with van der Waals surface area (Å²) in [4.78, 5) is 12.0. The van der Waals surface area contributed by atoms with E-state index in [0.717, 1.165) is 11.1 Å². The maximum Gasteiger partial charge on any atom is 0.420 e. The van der Waals surface area contributed by atoms with Crippen molar-refractivity contribution in [2.45, 2.75) is 13.0 Å². The van der Waals surface area contributed by atoms with Gasteiger partial charge in [-0.2, -0.15) is 0 Å². The third-order valence-corrected chi connectivity index (χ3v) is 3.42. The first-order chi connectivity index (χ1) is 9.75. The Balaban J connectivity index is 2.00. The van der Waals surface area contributed by atoms with E-state index < -0.39 is 0 Å². The Labute approximate surface area is 117 Å². The molecule has 3 nitrogen and oxygen atoms in total. The summed E-state index contributed by atoms with van der Waals surface area (Å²) in [5.41, 5.74) is 1.98. The molecule has 0 spiro atoms. The summed E-state index contributed by atoms with van der Waals surface area (Å²) in [6.07, 6.45) is 1.77. The summed E-state index contributed by atoms with van der Waals surface area (Å²) in [5, 5.41) is 0. The summed E-state index contributed by atoms with van der Waals surface area (Å²) in [5.74, 6) is 0.263. The summed E-state index contributed by atoms with van der Waals surface area (Å²) in [6, 6.07) is 19.5. The summed E-state index contributed by atoms with van der Waals surface area (Å²) in [6.45, 7) is 1.99. The molecule has 0 aliphatic carbocycles. The molecule has 3 rings (SSSR count). The van der Waals surface area contributed by atoms with E-state index >= 15 is 0 Å². The lowest BCUT2D eigenvalue weighted by Crippen LogP contribution is -2.18. The van der Waals surface area contributed by atoms with Crippen molar-refractivity contribution < 1.29 is 4.42 Å². The van der Waals surface area contributed by atoms with Crippen molar-refractivity contribution >= 4 is 0 Å². The van der Waals surface area contributed by atoms with Crippen molar-refractivity contribution in [3.05, 3.63) is 83.0 Å². The minimum absolute atomic E-state index is 0.0510. The number of oxazole rings is 1. The zero-order chi connectivity index (χ0) is 13.9. The maximum absolute atomic E-state index is 12.0. The molecule has 0 fully saturated rings. The number of hydrogen-bond donors (Lipinski definition) is 0. The van der Waals surface area contributed by atoms with E-state index in [9.17, 15) is 4.79 Å². The summed E-state index contributed by atoms with van der Waals surface area (Å²) in [7, 11) is 0. The van der Waals surface area contributed by atoms with E-state index in [4.69, 9.17) is 4.42 Å². The van der Waals surface area contributed by atoms with Gasteiger partial charge in [0.2, 0.25) is 0 Å². The van der Waals surface area contributed by atoms with E-state index in [-0.39, 0.29) is 11.8 Å². The second-order valence-electron chi connectivity index (χ2n) is 4.72. The Morgan fingerprint density at radius 1 is 0.950 bits per heavy atom. The van der Waals surface area contributed by atoms with Gasteiger partial charge in [0.25, 0.3) is 0 Å². The highest BCUT2D eigenvalue weighted by Crippen LogP contribution is 2.21. The molecule has 0 saturated carbocycles. The number of benzene rings is 2. The quantitative estimate of drug-likeness (QED) is 0.723. The van der Waals surface area contributed by atoms with Gasteiger partial charge >= 0.3 is 5.76 Å². The zero-order valence-electron chi connectivity index (χ0n) is 11.2. The fourth-order valence-corrected chi connectivity index (χ4v) is 2.25. The van der Waals surface area contributed by atoms with Gasteiger partial charge < -0.3 is 4.42 Å². The summed E-state index contributed by atoms with van der Waals surface area (Å²) >= 11 is 0. The van der Waals surface area contributed by atoms with Gasteiger partial charge in [-0.25, -0.2) is 4.79 Å². The SMILES string of the molecule is CC(c1ccccc1)n1cc(-c2ccccc2)oc1=O. The fourth-order valence-electron chi connectivity index (χ4n) is 2.25. The molecule has 1 atom stereocenters. The molecule has 1 aromatic heterocycles. The van der Waals surface area contributed by atoms with Crippen molar-refractivity contribution in [3.8, 4) is 11.3 Å². The number of hydrogen-bond acceptors (Lipinski definition) is 2. The predicted octanol–water partition coefficient (Wildman–Crippen LogP) is 3.72. The van der Waals surface area contributed by atoms with Crippen LogP contribution in [0.3, 0.4) is 0 Å². The third-order valence-electron chi connectivity index (χ3n) is 3.42. The highest BCUT2D eigenvalue weighted by molar-refractivity contribution is 5.55. The van der Waals surface area contributed by atoms with Crippen LogP contribution < -0.4 is 5.76 Å². The molecule has 100 valence electrons. The number of rotatable bonds is 3. The molecule has 1 heterocycles. The predicted molar refractivity (Wildman–Crippen MR) is 78.7 cm³/mol. The van der Waals surface area contributed by atoms with Crippen LogP contribution in [-0.2, 0) is 0 Å². The first kappa shape index (κ1) is 12.5. The largest absolute Gasteiger partial charge is 0.420 e. The van der Waals surface area contributed by atoms with Crippen LogP contribution in [0.15, 0.2) is 76.1 Å². The van der Waals surface area contributed by atoms with E-state index in [0.29, 0.717) is 5.76 Å². The Morgan fingerprint density at radius 2 is 1.55 bits per heavy atom. The summed E-state index contributed by atoms with van der Waals surface area (Å²) < 4.78 is 6.97. The van der Waals surface area contributed by atoms with Gasteiger partial charge in [0, 0.05) is 5.56 Å². The van der Waals surface area contributed by atoms with Gasteiger partial charge in [0.05, 0.1) is 12.2 Å². The highest BCUT2D eigenvalue weighted by Gasteiger charge is 2.14. The molecular weight excluding hydrogens is 250 g/mol. The van der Waals surface area contributed by atoms with Crippen molar-refractivity contribution in [1.82, 2.24) is 4.57 Å². The van der Waals surface area contributed by atoms with Crippen LogP contribution in [0.1, 0.15) is 18.5 Å². The molecule has 20 heavy (non-hydrogen) atoms. The van der Waals surface area contributed by atoms with Gasteiger partial charge in [-0.15, -0.1) is 0 Å². The van der Waals surface area contributed by atoms with Crippen LogP contribution in [0, 0.1) is 0 Å². The van der Waals surface area contributed by atoms with Crippen molar-refractivity contribution in [3.63, 3.8) is 0 Å². The van der Waals surface area contributed by atoms with E-state index in [1.54, 1.807) is 10.8 Å². The van der Waals surface area contributed by atoms with Crippen LogP contribution in [0.25, 0.3) is 11.3 Å². The molecule has 1 unspecified atom stereocenters. The van der Waals surface area contributed by atoms with Crippen molar-refractivity contribution in [2.24, 2.45) is 0 Å². The molecule has 0 aliphatic heterocycles. The molecule has 3 heteroatoms. The Hall–Kier alpha value is -2.55. The molecule has 2 aromatic carbocycles. The Bertz CT molecular complexity index is 741. The standard InChI is InChI=1S/C17H15NO2/c1-13(14-8-4-2-5-9-14)18-12-16(20-17(18)19)15-10-6-3-7-11-15/h2-13H,1H3. The number of nitrogens with zero attached hydrogens (tertiary/aromatic N) is 1. The Morgan fingerprint density at radius 3 is 2.20 bits per heavy atom. The molecule has 3 aromatic rings. The minimum atomic E-state index is -0.333. The van der Waals surface area contributed by atoms with Crippen LogP contribution in [0.5, 0.6) is 0 Å².